The molecule has 0 amide bonds. The molecule has 0 aliphatic carbocycles. The summed E-state index contributed by atoms with van der Waals surface area (Å²) >= 11 is 0. The second-order valence-electron chi connectivity index (χ2n) is 3.35. The number of nitrogens with zero attached hydrogens (tertiary/aromatic N) is 1. The van der Waals surface area contributed by atoms with E-state index in [2.05, 4.69) is 4.72 Å². The molecule has 1 aliphatic rings. The number of hydrogen-bond donors (Lipinski definition) is 2. The number of benzene rings is 1. The zero-order chi connectivity index (χ0) is 10.9. The van der Waals surface area contributed by atoms with Crippen molar-refractivity contribution in [2.24, 2.45) is 5.73 Å². The van der Waals surface area contributed by atoms with Gasteiger partial charge in [0.05, 0.1) is 5.69 Å². The Hall–Kier alpha value is -1.11. The average Bonchev–Trinajstić information content (AvgIpc) is 2.58. The number of nitrogens with two attached hydrogens (primary N) is 1. The van der Waals surface area contributed by atoms with Gasteiger partial charge in [0.15, 0.2) is 0 Å². The van der Waals surface area contributed by atoms with Crippen LogP contribution in [0, 0.1) is 0 Å². The number of rotatable bonds is 2. The van der Waals surface area contributed by atoms with Gasteiger partial charge in [0, 0.05) is 19.6 Å². The highest BCUT2D eigenvalue weighted by atomic mass is 32.2. The molecule has 82 valence electrons. The molecule has 0 bridgehead atoms. The summed E-state index contributed by atoms with van der Waals surface area (Å²) in [4.78, 5) is 0. The molecular weight excluding hydrogens is 214 g/mol. The van der Waals surface area contributed by atoms with Crippen molar-refractivity contribution >= 4 is 15.9 Å². The molecule has 0 saturated carbocycles. The van der Waals surface area contributed by atoms with Crippen LogP contribution in [0.2, 0.25) is 0 Å². The van der Waals surface area contributed by atoms with Crippen LogP contribution in [-0.2, 0) is 16.8 Å². The Morgan fingerprint density at radius 1 is 1.47 bits per heavy atom. The summed E-state index contributed by atoms with van der Waals surface area (Å²) in [6.45, 7) is 1.33. The molecule has 1 aromatic carbocycles. The molecule has 1 fully saturated rings. The summed E-state index contributed by atoms with van der Waals surface area (Å²) < 4.78 is 26.9. The molecular formula is C9H13N3O2S. The smallest absolute Gasteiger partial charge is 0.301 e. The predicted molar refractivity (Wildman–Crippen MR) is 58.6 cm³/mol. The molecule has 0 unspecified atom stereocenters. The SMILES string of the molecule is NCc1cccc(N2CCNS2(=O)=O)c1. The highest BCUT2D eigenvalue weighted by molar-refractivity contribution is 7.91. The predicted octanol–water partition coefficient (Wildman–Crippen LogP) is -0.200. The minimum atomic E-state index is -3.32. The maximum atomic E-state index is 11.5. The van der Waals surface area contributed by atoms with E-state index in [9.17, 15) is 8.42 Å². The second-order valence-corrected chi connectivity index (χ2v) is 5.03. The van der Waals surface area contributed by atoms with Gasteiger partial charge in [-0.3, -0.25) is 4.31 Å². The summed E-state index contributed by atoms with van der Waals surface area (Å²) in [5, 5.41) is 0. The van der Waals surface area contributed by atoms with Gasteiger partial charge in [0.25, 0.3) is 0 Å². The van der Waals surface area contributed by atoms with Crippen LogP contribution < -0.4 is 14.8 Å². The molecule has 15 heavy (non-hydrogen) atoms. The summed E-state index contributed by atoms with van der Waals surface area (Å²) in [6, 6.07) is 7.25. The molecule has 3 N–H and O–H groups in total. The van der Waals surface area contributed by atoms with Crippen molar-refractivity contribution in [1.29, 1.82) is 0 Å². The van der Waals surface area contributed by atoms with Crippen molar-refractivity contribution in [2.75, 3.05) is 17.4 Å². The fourth-order valence-corrected chi connectivity index (χ4v) is 2.81. The topological polar surface area (TPSA) is 75.4 Å². The van der Waals surface area contributed by atoms with Crippen molar-refractivity contribution in [1.82, 2.24) is 4.72 Å². The maximum absolute atomic E-state index is 11.5. The van der Waals surface area contributed by atoms with Gasteiger partial charge in [-0.1, -0.05) is 12.1 Å². The van der Waals surface area contributed by atoms with E-state index >= 15 is 0 Å². The second kappa shape index (κ2) is 3.80. The molecule has 0 aromatic heterocycles. The largest absolute Gasteiger partial charge is 0.326 e. The molecule has 0 radical (unpaired) electrons. The molecule has 0 spiro atoms. The van der Waals surface area contributed by atoms with E-state index in [1.165, 1.54) is 4.31 Å². The molecule has 0 atom stereocenters. The highest BCUT2D eigenvalue weighted by Crippen LogP contribution is 2.20. The number of nitrogens with one attached hydrogen (secondary N) is 1. The summed E-state index contributed by atoms with van der Waals surface area (Å²) in [5.41, 5.74) is 7.10. The Bertz CT molecular complexity index is 458. The normalized spacial score (nSPS) is 19.4. The van der Waals surface area contributed by atoms with Crippen LogP contribution in [0.1, 0.15) is 5.56 Å². The fraction of sp³-hybridized carbons (Fsp3) is 0.333. The van der Waals surface area contributed by atoms with E-state index in [1.54, 1.807) is 12.1 Å². The minimum Gasteiger partial charge on any atom is -0.326 e. The van der Waals surface area contributed by atoms with Gasteiger partial charge in [-0.05, 0) is 17.7 Å². The molecule has 1 aliphatic heterocycles. The van der Waals surface area contributed by atoms with E-state index in [4.69, 9.17) is 5.73 Å². The first-order valence-corrected chi connectivity index (χ1v) is 6.14. The van der Waals surface area contributed by atoms with E-state index in [-0.39, 0.29) is 0 Å². The van der Waals surface area contributed by atoms with Crippen molar-refractivity contribution in [3.8, 4) is 0 Å². The quantitative estimate of drug-likeness (QED) is 0.734. The molecule has 1 heterocycles. The number of hydrogen-bond acceptors (Lipinski definition) is 3. The standard InChI is InChI=1S/C9H13N3O2S/c10-7-8-2-1-3-9(6-8)12-5-4-11-15(12,13)14/h1-3,6,11H,4-5,7,10H2. The fourth-order valence-electron chi connectivity index (χ4n) is 1.58. The first-order valence-electron chi connectivity index (χ1n) is 4.70. The van der Waals surface area contributed by atoms with Crippen molar-refractivity contribution in [3.63, 3.8) is 0 Å². The van der Waals surface area contributed by atoms with Gasteiger partial charge in [0.1, 0.15) is 0 Å². The zero-order valence-corrected chi connectivity index (χ0v) is 9.00. The third-order valence-electron chi connectivity index (χ3n) is 2.32. The lowest BCUT2D eigenvalue weighted by molar-refractivity contribution is 0.591. The lowest BCUT2D eigenvalue weighted by Gasteiger charge is -2.16. The van der Waals surface area contributed by atoms with Gasteiger partial charge < -0.3 is 5.73 Å². The Balaban J connectivity index is 2.37. The van der Waals surface area contributed by atoms with E-state index in [1.807, 2.05) is 12.1 Å². The van der Waals surface area contributed by atoms with Crippen LogP contribution in [-0.4, -0.2) is 21.5 Å². The van der Waals surface area contributed by atoms with Crippen molar-refractivity contribution in [3.05, 3.63) is 29.8 Å². The van der Waals surface area contributed by atoms with Crippen molar-refractivity contribution < 1.29 is 8.42 Å². The van der Waals surface area contributed by atoms with Gasteiger partial charge in [0.2, 0.25) is 0 Å². The Morgan fingerprint density at radius 3 is 2.87 bits per heavy atom. The molecule has 6 heteroatoms. The van der Waals surface area contributed by atoms with Crippen LogP contribution >= 0.6 is 0 Å². The van der Waals surface area contributed by atoms with Crippen LogP contribution in [0.3, 0.4) is 0 Å². The molecule has 1 saturated heterocycles. The Morgan fingerprint density at radius 2 is 2.27 bits per heavy atom. The molecule has 5 nitrogen and oxygen atoms in total. The summed E-state index contributed by atoms with van der Waals surface area (Å²) in [7, 11) is -3.32. The van der Waals surface area contributed by atoms with Crippen LogP contribution in [0.15, 0.2) is 24.3 Å². The van der Waals surface area contributed by atoms with Gasteiger partial charge >= 0.3 is 10.2 Å². The number of anilines is 1. The lowest BCUT2D eigenvalue weighted by Crippen LogP contribution is -2.29. The van der Waals surface area contributed by atoms with Gasteiger partial charge in [-0.15, -0.1) is 0 Å². The minimum absolute atomic E-state index is 0.412. The van der Waals surface area contributed by atoms with Gasteiger partial charge in [-0.2, -0.15) is 13.1 Å². The van der Waals surface area contributed by atoms with Crippen molar-refractivity contribution in [2.45, 2.75) is 6.54 Å². The van der Waals surface area contributed by atoms with Crippen LogP contribution in [0.5, 0.6) is 0 Å². The summed E-state index contributed by atoms with van der Waals surface area (Å²) in [5.74, 6) is 0. The first kappa shape index (κ1) is 10.4. The first-order chi connectivity index (χ1) is 7.13. The van der Waals surface area contributed by atoms with Gasteiger partial charge in [-0.25, -0.2) is 0 Å². The zero-order valence-electron chi connectivity index (χ0n) is 8.18. The van der Waals surface area contributed by atoms with E-state index < -0.39 is 10.2 Å². The van der Waals surface area contributed by atoms with E-state index in [0.717, 1.165) is 5.56 Å². The monoisotopic (exact) mass is 227 g/mol. The Kier molecular flexibility index (Phi) is 2.64. The highest BCUT2D eigenvalue weighted by Gasteiger charge is 2.27. The molecule has 1 aromatic rings. The average molecular weight is 227 g/mol. The van der Waals surface area contributed by atoms with Crippen LogP contribution in [0.25, 0.3) is 0 Å². The Labute approximate surface area is 89.1 Å². The third kappa shape index (κ3) is 1.97. The summed E-state index contributed by atoms with van der Waals surface area (Å²) in [6.07, 6.45) is 0. The maximum Gasteiger partial charge on any atom is 0.301 e. The van der Waals surface area contributed by atoms with Crippen LogP contribution in [0.4, 0.5) is 5.69 Å². The molecule has 2 rings (SSSR count). The third-order valence-corrected chi connectivity index (χ3v) is 3.87. The van der Waals surface area contributed by atoms with E-state index in [0.29, 0.717) is 25.3 Å². The lowest BCUT2D eigenvalue weighted by atomic mass is 10.2.